The minimum Gasteiger partial charge on any atom is -0.609 e. The van der Waals surface area contributed by atoms with Crippen LogP contribution in [0.4, 0.5) is 0 Å². The van der Waals surface area contributed by atoms with Crippen LogP contribution in [0, 0.1) is 0 Å². The van der Waals surface area contributed by atoms with E-state index in [4.69, 9.17) is 9.26 Å². The third-order valence-electron chi connectivity index (χ3n) is 5.56. The maximum atomic E-state index is 13.9. The number of halogens is 1. The van der Waals surface area contributed by atoms with Crippen LogP contribution in [0.1, 0.15) is 90.0 Å². The molecule has 1 aromatic carbocycles. The van der Waals surface area contributed by atoms with Crippen molar-refractivity contribution in [3.8, 4) is 0 Å². The Kier molecular flexibility index (Phi) is 7.21. The van der Waals surface area contributed by atoms with Crippen LogP contribution in [0.5, 0.6) is 0 Å². The lowest BCUT2D eigenvalue weighted by atomic mass is 9.95. The van der Waals surface area contributed by atoms with E-state index in [1.165, 1.54) is 0 Å². The zero-order valence-corrected chi connectivity index (χ0v) is 22.7. The van der Waals surface area contributed by atoms with Crippen molar-refractivity contribution >= 4 is 38.9 Å². The molecule has 1 fully saturated rings. The Balaban J connectivity index is 1.79. The van der Waals surface area contributed by atoms with E-state index in [1.54, 1.807) is 30.0 Å². The summed E-state index contributed by atoms with van der Waals surface area (Å²) in [7, 11) is 0. The number of nitrogens with zero attached hydrogens (tertiary/aromatic N) is 4. The second kappa shape index (κ2) is 9.87. The average Bonchev–Trinajstić information content (AvgIpc) is 3.36. The van der Waals surface area contributed by atoms with Crippen LogP contribution in [-0.4, -0.2) is 49.1 Å². The fraction of sp³-hybridized carbons (Fsp3) is 0.458. The first-order valence-electron chi connectivity index (χ1n) is 11.3. The van der Waals surface area contributed by atoms with Crippen LogP contribution in [-0.2, 0) is 27.9 Å². The molecule has 0 saturated heterocycles. The molecule has 2 heterocycles. The fourth-order valence-corrected chi connectivity index (χ4v) is 4.68. The molecular formula is C24H27BrN4O5S. The van der Waals surface area contributed by atoms with Crippen molar-refractivity contribution in [3.05, 3.63) is 56.6 Å². The highest BCUT2D eigenvalue weighted by atomic mass is 79.9. The van der Waals surface area contributed by atoms with E-state index in [2.05, 4.69) is 31.2 Å². The van der Waals surface area contributed by atoms with E-state index < -0.39 is 17.1 Å². The van der Waals surface area contributed by atoms with Crippen LogP contribution in [0.3, 0.4) is 0 Å². The SMILES string of the molecule is CCOC(=O)c1noc(C2CC2)c1C(=O)c1ccc(Br)cc1Cn1nc(C(C)(C)C)nc1[S+](C)[O-]. The number of ketones is 1. The first-order chi connectivity index (χ1) is 16.5. The third kappa shape index (κ3) is 5.36. The number of hydrogen-bond acceptors (Lipinski definition) is 8. The van der Waals surface area contributed by atoms with E-state index in [0.717, 1.165) is 17.3 Å². The second-order valence-corrected chi connectivity index (χ2v) is 11.7. The molecule has 0 amide bonds. The predicted octanol–water partition coefficient (Wildman–Crippen LogP) is 4.40. The molecule has 1 aliphatic rings. The molecule has 4 rings (SSSR count). The number of carbonyl (C=O) groups excluding carboxylic acids is 2. The summed E-state index contributed by atoms with van der Waals surface area (Å²) < 4.78 is 25.3. The van der Waals surface area contributed by atoms with Gasteiger partial charge in [-0.25, -0.2) is 9.48 Å². The van der Waals surface area contributed by atoms with Gasteiger partial charge in [0, 0.05) is 32.5 Å². The van der Waals surface area contributed by atoms with Crippen LogP contribution in [0.25, 0.3) is 0 Å². The van der Waals surface area contributed by atoms with Crippen LogP contribution in [0.15, 0.2) is 32.4 Å². The highest BCUT2D eigenvalue weighted by Crippen LogP contribution is 2.43. The maximum absolute atomic E-state index is 13.9. The van der Waals surface area contributed by atoms with E-state index in [9.17, 15) is 14.1 Å². The number of benzene rings is 1. The van der Waals surface area contributed by atoms with Crippen LogP contribution < -0.4 is 0 Å². The summed E-state index contributed by atoms with van der Waals surface area (Å²) in [5.41, 5.74) is 0.677. The van der Waals surface area contributed by atoms with E-state index in [0.29, 0.717) is 27.9 Å². The monoisotopic (exact) mass is 562 g/mol. The lowest BCUT2D eigenvalue weighted by molar-refractivity contribution is 0.0512. The van der Waals surface area contributed by atoms with Crippen LogP contribution >= 0.6 is 15.9 Å². The summed E-state index contributed by atoms with van der Waals surface area (Å²) in [6.07, 6.45) is 3.28. The van der Waals surface area contributed by atoms with E-state index >= 15 is 0 Å². The van der Waals surface area contributed by atoms with E-state index in [-0.39, 0.29) is 41.5 Å². The average molecular weight is 563 g/mol. The summed E-state index contributed by atoms with van der Waals surface area (Å²) in [6, 6.07) is 5.25. The molecule has 0 aliphatic heterocycles. The van der Waals surface area contributed by atoms with Gasteiger partial charge in [0.25, 0.3) is 0 Å². The summed E-state index contributed by atoms with van der Waals surface area (Å²) in [5, 5.41) is 8.81. The number of ether oxygens (including phenoxy) is 1. The van der Waals surface area contributed by atoms with Gasteiger partial charge in [-0.3, -0.25) is 4.79 Å². The van der Waals surface area contributed by atoms with Crippen LogP contribution in [0.2, 0.25) is 0 Å². The van der Waals surface area contributed by atoms with Gasteiger partial charge in [-0.05, 0) is 43.5 Å². The predicted molar refractivity (Wildman–Crippen MR) is 132 cm³/mol. The summed E-state index contributed by atoms with van der Waals surface area (Å²) >= 11 is 2.09. The van der Waals surface area contributed by atoms with Gasteiger partial charge in [0.15, 0.2) is 17.4 Å². The van der Waals surface area contributed by atoms with Gasteiger partial charge in [-0.1, -0.05) is 41.9 Å². The number of hydrogen-bond donors (Lipinski definition) is 0. The molecule has 0 bridgehead atoms. The molecule has 186 valence electrons. The van der Waals surface area contributed by atoms with Gasteiger partial charge in [0.2, 0.25) is 5.69 Å². The molecule has 0 spiro atoms. The Bertz CT molecular complexity index is 1270. The lowest BCUT2D eigenvalue weighted by Crippen LogP contribution is -2.17. The smallest absolute Gasteiger partial charge is 0.361 e. The number of rotatable bonds is 8. The number of carbonyl (C=O) groups is 2. The van der Waals surface area contributed by atoms with Gasteiger partial charge in [0.1, 0.15) is 11.8 Å². The zero-order valence-electron chi connectivity index (χ0n) is 20.3. The first kappa shape index (κ1) is 25.6. The largest absolute Gasteiger partial charge is 0.609 e. The number of esters is 1. The Morgan fingerprint density at radius 3 is 2.63 bits per heavy atom. The quantitative estimate of drug-likeness (QED) is 0.225. The molecule has 0 N–H and O–H groups in total. The molecule has 1 atom stereocenters. The summed E-state index contributed by atoms with van der Waals surface area (Å²) in [4.78, 5) is 30.9. The Hall–Kier alpha value is -2.50. The second-order valence-electron chi connectivity index (χ2n) is 9.48. The molecule has 3 aromatic rings. The van der Waals surface area contributed by atoms with Gasteiger partial charge in [-0.2, -0.15) is 10.1 Å². The normalized spacial score (nSPS) is 14.7. The fourth-order valence-electron chi connectivity index (χ4n) is 3.66. The minimum atomic E-state index is -1.39. The molecule has 11 heteroatoms. The molecule has 1 unspecified atom stereocenters. The van der Waals surface area contributed by atoms with Crippen molar-refractivity contribution in [1.29, 1.82) is 0 Å². The minimum absolute atomic E-state index is 0.0577. The van der Waals surface area contributed by atoms with Crippen molar-refractivity contribution in [3.63, 3.8) is 0 Å². The Morgan fingerprint density at radius 2 is 2.03 bits per heavy atom. The topological polar surface area (TPSA) is 123 Å². The molecule has 9 nitrogen and oxygen atoms in total. The van der Waals surface area contributed by atoms with Gasteiger partial charge in [-0.15, -0.1) is 0 Å². The highest BCUT2D eigenvalue weighted by molar-refractivity contribution is 9.10. The maximum Gasteiger partial charge on any atom is 0.361 e. The van der Waals surface area contributed by atoms with Crippen molar-refractivity contribution in [2.24, 2.45) is 0 Å². The molecule has 1 aliphatic carbocycles. The third-order valence-corrected chi connectivity index (χ3v) is 6.87. The molecule has 35 heavy (non-hydrogen) atoms. The van der Waals surface area contributed by atoms with Crippen molar-refractivity contribution < 1.29 is 23.4 Å². The number of aromatic nitrogens is 4. The molecule has 1 saturated carbocycles. The molecule has 2 aromatic heterocycles. The Morgan fingerprint density at radius 1 is 1.31 bits per heavy atom. The highest BCUT2D eigenvalue weighted by Gasteiger charge is 2.38. The first-order valence-corrected chi connectivity index (χ1v) is 13.6. The molecule has 0 radical (unpaired) electrons. The van der Waals surface area contributed by atoms with Gasteiger partial charge in [0.05, 0.1) is 13.2 Å². The van der Waals surface area contributed by atoms with E-state index in [1.807, 2.05) is 26.8 Å². The summed E-state index contributed by atoms with van der Waals surface area (Å²) in [5.74, 6) is -0.0421. The van der Waals surface area contributed by atoms with Crippen molar-refractivity contribution in [2.45, 2.75) is 63.6 Å². The summed E-state index contributed by atoms with van der Waals surface area (Å²) in [6.45, 7) is 7.94. The standard InChI is InChI=1S/C24H27BrN4O5S/c1-6-33-21(31)18-17(20(34-28-18)13-7-8-13)19(30)16-10-9-15(25)11-14(16)12-29-23(35(5)32)26-22(27-29)24(2,3)4/h9-11,13H,6-8,12H2,1-5H3. The Labute approximate surface area is 214 Å². The van der Waals surface area contributed by atoms with Crippen molar-refractivity contribution in [2.75, 3.05) is 12.9 Å². The van der Waals surface area contributed by atoms with Crippen molar-refractivity contribution in [1.82, 2.24) is 19.9 Å². The molecular weight excluding hydrogens is 536 g/mol. The van der Waals surface area contributed by atoms with Gasteiger partial charge < -0.3 is 13.8 Å². The lowest BCUT2D eigenvalue weighted by Gasteiger charge is -2.13. The zero-order chi connectivity index (χ0) is 25.5. The van der Waals surface area contributed by atoms with Gasteiger partial charge >= 0.3 is 11.1 Å².